The lowest BCUT2D eigenvalue weighted by atomic mass is 9.76. The van der Waals surface area contributed by atoms with Crippen LogP contribution in [0, 0.1) is 11.8 Å². The Balaban J connectivity index is 1.71. The van der Waals surface area contributed by atoms with Crippen LogP contribution in [-0.2, 0) is 24.7 Å². The number of aliphatic carboxylic acids is 1. The Labute approximate surface area is 206 Å². The highest BCUT2D eigenvalue weighted by molar-refractivity contribution is 6.38. The van der Waals surface area contributed by atoms with Crippen molar-refractivity contribution in [1.82, 2.24) is 5.32 Å². The standard InChI is InChI=1S/C21H13Cl4N3O5/c22-7-1-8(23)3-10(2-7)28-18(31)15-13(6-14(29)30)27-21(16(15)19(28)32)11-4-9(24)5-12(25)17(11)26-20(21)33/h1-5,13,15-16,27H,6H2,(H,26,33)(H,29,30). The fourth-order valence-electron chi connectivity index (χ4n) is 5.11. The van der Waals surface area contributed by atoms with Gasteiger partial charge < -0.3 is 10.4 Å². The number of carbonyl (C=O) groups excluding carboxylic acids is 3. The topological polar surface area (TPSA) is 116 Å². The molecule has 3 aliphatic rings. The van der Waals surface area contributed by atoms with E-state index in [1.165, 1.54) is 30.3 Å². The smallest absolute Gasteiger partial charge is 0.304 e. The number of anilines is 2. The largest absolute Gasteiger partial charge is 0.481 e. The summed E-state index contributed by atoms with van der Waals surface area (Å²) in [7, 11) is 0. The van der Waals surface area contributed by atoms with Crippen LogP contribution in [0.15, 0.2) is 30.3 Å². The van der Waals surface area contributed by atoms with Crippen molar-refractivity contribution < 1.29 is 24.3 Å². The van der Waals surface area contributed by atoms with E-state index in [1.807, 2.05) is 0 Å². The fraction of sp³-hybridized carbons (Fsp3) is 0.238. The molecule has 0 bridgehead atoms. The fourth-order valence-corrected chi connectivity index (χ4v) is 6.17. The van der Waals surface area contributed by atoms with Crippen LogP contribution < -0.4 is 15.5 Å². The lowest BCUT2D eigenvalue weighted by molar-refractivity contribution is -0.138. The van der Waals surface area contributed by atoms with E-state index in [-0.39, 0.29) is 37.0 Å². The van der Waals surface area contributed by atoms with Crippen molar-refractivity contribution in [3.05, 3.63) is 56.0 Å². The molecule has 1 spiro atoms. The van der Waals surface area contributed by atoms with Gasteiger partial charge in [-0.3, -0.25) is 24.5 Å². The average molecular weight is 529 g/mol. The average Bonchev–Trinajstić information content (AvgIpc) is 3.26. The summed E-state index contributed by atoms with van der Waals surface area (Å²) >= 11 is 24.6. The first-order chi connectivity index (χ1) is 15.5. The molecule has 3 aliphatic heterocycles. The highest BCUT2D eigenvalue weighted by atomic mass is 35.5. The molecule has 0 aliphatic carbocycles. The van der Waals surface area contributed by atoms with Crippen LogP contribution in [0.1, 0.15) is 12.0 Å². The van der Waals surface area contributed by atoms with Crippen molar-refractivity contribution in [3.8, 4) is 0 Å². The Morgan fingerprint density at radius 1 is 0.970 bits per heavy atom. The number of fused-ring (bicyclic) bond motifs is 4. The number of carbonyl (C=O) groups is 4. The number of rotatable bonds is 3. The van der Waals surface area contributed by atoms with Gasteiger partial charge in [-0.25, -0.2) is 4.90 Å². The lowest BCUT2D eigenvalue weighted by Crippen LogP contribution is -2.53. The van der Waals surface area contributed by atoms with E-state index < -0.39 is 53.5 Å². The van der Waals surface area contributed by atoms with Crippen molar-refractivity contribution in [2.24, 2.45) is 11.8 Å². The predicted molar refractivity (Wildman–Crippen MR) is 122 cm³/mol. The summed E-state index contributed by atoms with van der Waals surface area (Å²) in [6.07, 6.45) is -0.497. The van der Waals surface area contributed by atoms with Gasteiger partial charge in [-0.05, 0) is 30.3 Å². The molecular formula is C21H13Cl4N3O5. The zero-order valence-corrected chi connectivity index (χ0v) is 19.4. The van der Waals surface area contributed by atoms with E-state index >= 15 is 0 Å². The van der Waals surface area contributed by atoms with Gasteiger partial charge in [0, 0.05) is 26.7 Å². The molecule has 2 fully saturated rings. The van der Waals surface area contributed by atoms with Crippen molar-refractivity contribution >= 4 is 81.5 Å². The molecule has 3 amide bonds. The van der Waals surface area contributed by atoms with Crippen LogP contribution in [0.4, 0.5) is 11.4 Å². The highest BCUT2D eigenvalue weighted by Crippen LogP contribution is 2.55. The van der Waals surface area contributed by atoms with Crippen LogP contribution in [-0.4, -0.2) is 34.8 Å². The van der Waals surface area contributed by atoms with Gasteiger partial charge in [0.25, 0.3) is 0 Å². The Hall–Kier alpha value is -2.36. The van der Waals surface area contributed by atoms with E-state index in [1.54, 1.807) is 0 Å². The van der Waals surface area contributed by atoms with E-state index in [4.69, 9.17) is 46.4 Å². The first kappa shape index (κ1) is 22.4. The Bertz CT molecular complexity index is 1260. The molecule has 2 aromatic carbocycles. The summed E-state index contributed by atoms with van der Waals surface area (Å²) in [5.74, 6) is -5.56. The second-order valence-electron chi connectivity index (χ2n) is 8.06. The second kappa shape index (κ2) is 7.58. The quantitative estimate of drug-likeness (QED) is 0.523. The maximum Gasteiger partial charge on any atom is 0.304 e. The zero-order chi connectivity index (χ0) is 23.8. The Morgan fingerprint density at radius 2 is 1.61 bits per heavy atom. The van der Waals surface area contributed by atoms with Crippen molar-refractivity contribution in [1.29, 1.82) is 0 Å². The van der Waals surface area contributed by atoms with E-state index in [9.17, 15) is 24.3 Å². The van der Waals surface area contributed by atoms with Crippen LogP contribution >= 0.6 is 46.4 Å². The van der Waals surface area contributed by atoms with E-state index in [2.05, 4.69) is 10.6 Å². The van der Waals surface area contributed by atoms with Crippen LogP contribution in [0.2, 0.25) is 20.1 Å². The van der Waals surface area contributed by atoms with Gasteiger partial charge >= 0.3 is 5.97 Å². The summed E-state index contributed by atoms with van der Waals surface area (Å²) in [5, 5.41) is 15.9. The van der Waals surface area contributed by atoms with Gasteiger partial charge in [0.15, 0.2) is 0 Å². The Morgan fingerprint density at radius 3 is 2.24 bits per heavy atom. The molecule has 4 atom stereocenters. The summed E-state index contributed by atoms with van der Waals surface area (Å²) in [4.78, 5) is 53.1. The SMILES string of the molecule is O=C(O)CC1NC2(C(=O)Nc3c(Cl)cc(Cl)cc32)C2C(=O)N(c3cc(Cl)cc(Cl)c3)C(=O)C12. The molecule has 170 valence electrons. The lowest BCUT2D eigenvalue weighted by Gasteiger charge is -2.29. The predicted octanol–water partition coefficient (Wildman–Crippen LogP) is 3.70. The van der Waals surface area contributed by atoms with Gasteiger partial charge in [-0.2, -0.15) is 0 Å². The number of halogens is 4. The third-order valence-electron chi connectivity index (χ3n) is 6.24. The minimum atomic E-state index is -1.74. The van der Waals surface area contributed by atoms with Crippen molar-refractivity contribution in [2.45, 2.75) is 18.0 Å². The van der Waals surface area contributed by atoms with E-state index in [0.717, 1.165) is 4.90 Å². The third-order valence-corrected chi connectivity index (χ3v) is 7.19. The monoisotopic (exact) mass is 527 g/mol. The molecule has 2 aromatic rings. The van der Waals surface area contributed by atoms with Gasteiger partial charge in [0.2, 0.25) is 17.7 Å². The highest BCUT2D eigenvalue weighted by Gasteiger charge is 2.71. The number of amides is 3. The first-order valence-corrected chi connectivity index (χ1v) is 11.2. The number of imide groups is 1. The summed E-state index contributed by atoms with van der Waals surface area (Å²) in [6, 6.07) is 6.13. The summed E-state index contributed by atoms with van der Waals surface area (Å²) in [6.45, 7) is 0. The van der Waals surface area contributed by atoms with Crippen LogP contribution in [0.25, 0.3) is 0 Å². The molecule has 0 radical (unpaired) electrons. The molecule has 4 unspecified atom stereocenters. The van der Waals surface area contributed by atoms with Gasteiger partial charge in [0.1, 0.15) is 5.54 Å². The van der Waals surface area contributed by atoms with E-state index in [0.29, 0.717) is 0 Å². The second-order valence-corrected chi connectivity index (χ2v) is 9.78. The minimum absolute atomic E-state index is 0.129. The molecule has 3 heterocycles. The van der Waals surface area contributed by atoms with Crippen LogP contribution in [0.5, 0.6) is 0 Å². The molecule has 12 heteroatoms. The molecule has 2 saturated heterocycles. The zero-order valence-electron chi connectivity index (χ0n) is 16.4. The van der Waals surface area contributed by atoms with Gasteiger partial charge in [0.05, 0.1) is 34.7 Å². The molecule has 8 nitrogen and oxygen atoms in total. The number of carboxylic acid groups (broad SMARTS) is 1. The molecule has 0 saturated carbocycles. The van der Waals surface area contributed by atoms with Crippen molar-refractivity contribution in [3.63, 3.8) is 0 Å². The number of nitrogens with zero attached hydrogens (tertiary/aromatic N) is 1. The number of hydrogen-bond donors (Lipinski definition) is 3. The number of hydrogen-bond acceptors (Lipinski definition) is 5. The summed E-state index contributed by atoms with van der Waals surface area (Å²) < 4.78 is 0. The molecule has 3 N–H and O–H groups in total. The van der Waals surface area contributed by atoms with Gasteiger partial charge in [-0.15, -0.1) is 0 Å². The number of nitrogens with one attached hydrogen (secondary N) is 2. The minimum Gasteiger partial charge on any atom is -0.481 e. The third kappa shape index (κ3) is 3.16. The molecule has 0 aromatic heterocycles. The maximum atomic E-state index is 13.7. The summed E-state index contributed by atoms with van der Waals surface area (Å²) in [5.41, 5.74) is -1.08. The molecular weight excluding hydrogens is 516 g/mol. The maximum absolute atomic E-state index is 13.7. The van der Waals surface area contributed by atoms with Gasteiger partial charge in [-0.1, -0.05) is 46.4 Å². The van der Waals surface area contributed by atoms with Crippen LogP contribution in [0.3, 0.4) is 0 Å². The Kier molecular flexibility index (Phi) is 5.15. The normalized spacial score (nSPS) is 27.8. The molecule has 33 heavy (non-hydrogen) atoms. The number of carboxylic acids is 1. The first-order valence-electron chi connectivity index (χ1n) is 9.69. The number of benzene rings is 2. The molecule has 5 rings (SSSR count). The van der Waals surface area contributed by atoms with Crippen molar-refractivity contribution in [2.75, 3.05) is 10.2 Å².